The second-order valence-corrected chi connectivity index (χ2v) is 6.16. The SMILES string of the molecule is CC(C)NC1CCN(CC(C)(O)CN(C)C)C1=O. The summed E-state index contributed by atoms with van der Waals surface area (Å²) in [5.41, 5.74) is -0.855. The fourth-order valence-electron chi connectivity index (χ4n) is 2.60. The molecule has 0 aromatic rings. The largest absolute Gasteiger partial charge is 0.387 e. The van der Waals surface area contributed by atoms with Gasteiger partial charge in [0, 0.05) is 19.1 Å². The molecule has 106 valence electrons. The molecule has 0 bridgehead atoms. The lowest BCUT2D eigenvalue weighted by Gasteiger charge is -2.31. The number of rotatable bonds is 6. The topological polar surface area (TPSA) is 55.8 Å². The molecule has 2 atom stereocenters. The first-order chi connectivity index (χ1) is 8.21. The lowest BCUT2D eigenvalue weighted by Crippen LogP contribution is -2.49. The maximum atomic E-state index is 12.1. The van der Waals surface area contributed by atoms with E-state index in [1.165, 1.54) is 0 Å². The van der Waals surface area contributed by atoms with E-state index in [4.69, 9.17) is 0 Å². The van der Waals surface area contributed by atoms with Crippen LogP contribution in [0.1, 0.15) is 27.2 Å². The zero-order valence-electron chi connectivity index (χ0n) is 12.2. The third kappa shape index (κ3) is 4.55. The lowest BCUT2D eigenvalue weighted by molar-refractivity contribution is -0.132. The molecule has 1 heterocycles. The van der Waals surface area contributed by atoms with E-state index < -0.39 is 5.60 Å². The molecule has 5 heteroatoms. The smallest absolute Gasteiger partial charge is 0.239 e. The van der Waals surface area contributed by atoms with Gasteiger partial charge in [0.15, 0.2) is 0 Å². The minimum atomic E-state index is -0.855. The molecule has 2 unspecified atom stereocenters. The first kappa shape index (κ1) is 15.4. The number of carbonyl (C=O) groups is 1. The Morgan fingerprint density at radius 1 is 1.56 bits per heavy atom. The number of nitrogens with one attached hydrogen (secondary N) is 1. The molecule has 0 radical (unpaired) electrons. The molecule has 0 aliphatic carbocycles. The predicted molar refractivity (Wildman–Crippen MR) is 72.4 cm³/mol. The molecule has 18 heavy (non-hydrogen) atoms. The Kier molecular flexibility index (Phi) is 5.13. The summed E-state index contributed by atoms with van der Waals surface area (Å²) in [5, 5.41) is 13.5. The van der Waals surface area contributed by atoms with Gasteiger partial charge in [0.25, 0.3) is 0 Å². The number of carbonyl (C=O) groups excluding carboxylic acids is 1. The summed E-state index contributed by atoms with van der Waals surface area (Å²) in [4.78, 5) is 15.8. The molecule has 0 spiro atoms. The number of amides is 1. The summed E-state index contributed by atoms with van der Waals surface area (Å²) in [5.74, 6) is 0.114. The van der Waals surface area contributed by atoms with Gasteiger partial charge in [-0.3, -0.25) is 4.79 Å². The van der Waals surface area contributed by atoms with Crippen LogP contribution in [0, 0.1) is 0 Å². The molecule has 1 amide bonds. The van der Waals surface area contributed by atoms with Gasteiger partial charge in [-0.15, -0.1) is 0 Å². The van der Waals surface area contributed by atoms with Crippen LogP contribution in [0.4, 0.5) is 0 Å². The Balaban J connectivity index is 2.52. The molecule has 0 aromatic carbocycles. The van der Waals surface area contributed by atoms with E-state index >= 15 is 0 Å². The number of aliphatic hydroxyl groups is 1. The minimum absolute atomic E-state index is 0.0832. The van der Waals surface area contributed by atoms with Crippen molar-refractivity contribution < 1.29 is 9.90 Å². The zero-order valence-corrected chi connectivity index (χ0v) is 12.2. The number of hydrogen-bond acceptors (Lipinski definition) is 4. The van der Waals surface area contributed by atoms with Crippen LogP contribution in [0.2, 0.25) is 0 Å². The van der Waals surface area contributed by atoms with Crippen molar-refractivity contribution in [1.29, 1.82) is 0 Å². The van der Waals surface area contributed by atoms with Crippen molar-refractivity contribution in [1.82, 2.24) is 15.1 Å². The first-order valence-electron chi connectivity index (χ1n) is 6.63. The number of likely N-dealkylation sites (tertiary alicyclic amines) is 1. The third-order valence-electron chi connectivity index (χ3n) is 3.02. The van der Waals surface area contributed by atoms with Gasteiger partial charge in [0.05, 0.1) is 18.2 Å². The van der Waals surface area contributed by atoms with Crippen LogP contribution in [0.25, 0.3) is 0 Å². The van der Waals surface area contributed by atoms with Gasteiger partial charge in [-0.1, -0.05) is 13.8 Å². The quantitative estimate of drug-likeness (QED) is 0.697. The van der Waals surface area contributed by atoms with Crippen molar-refractivity contribution in [2.75, 3.05) is 33.7 Å². The van der Waals surface area contributed by atoms with Crippen LogP contribution in [0.5, 0.6) is 0 Å². The highest BCUT2D eigenvalue weighted by atomic mass is 16.3. The molecule has 5 nitrogen and oxygen atoms in total. The normalized spacial score (nSPS) is 24.1. The van der Waals surface area contributed by atoms with E-state index in [0.29, 0.717) is 19.1 Å². The highest BCUT2D eigenvalue weighted by molar-refractivity contribution is 5.84. The fourth-order valence-corrected chi connectivity index (χ4v) is 2.60. The second kappa shape index (κ2) is 5.99. The van der Waals surface area contributed by atoms with E-state index in [1.54, 1.807) is 11.8 Å². The number of β-amino-alcohol motifs (C(OH)–C–C–N with tert-alkyl or cyclic N) is 1. The van der Waals surface area contributed by atoms with Crippen molar-refractivity contribution >= 4 is 5.91 Å². The maximum Gasteiger partial charge on any atom is 0.239 e. The van der Waals surface area contributed by atoms with Crippen molar-refractivity contribution in [3.63, 3.8) is 0 Å². The molecule has 1 fully saturated rings. The third-order valence-corrected chi connectivity index (χ3v) is 3.02. The number of nitrogens with zero attached hydrogens (tertiary/aromatic N) is 2. The molecule has 1 aliphatic heterocycles. The molecule has 0 aromatic heterocycles. The molecular weight excluding hydrogens is 230 g/mol. The van der Waals surface area contributed by atoms with Crippen LogP contribution in [-0.4, -0.2) is 72.2 Å². The van der Waals surface area contributed by atoms with Crippen LogP contribution in [-0.2, 0) is 4.79 Å². The zero-order chi connectivity index (χ0) is 13.9. The fraction of sp³-hybridized carbons (Fsp3) is 0.923. The number of hydrogen-bond donors (Lipinski definition) is 2. The summed E-state index contributed by atoms with van der Waals surface area (Å²) in [6, 6.07) is 0.223. The summed E-state index contributed by atoms with van der Waals surface area (Å²) in [7, 11) is 3.84. The Bertz CT molecular complexity index is 290. The summed E-state index contributed by atoms with van der Waals surface area (Å²) in [6.07, 6.45) is 0.828. The van der Waals surface area contributed by atoms with Crippen LogP contribution >= 0.6 is 0 Å². The van der Waals surface area contributed by atoms with E-state index in [1.807, 2.05) is 32.8 Å². The Labute approximate surface area is 110 Å². The predicted octanol–water partition coefficient (Wildman–Crippen LogP) is -0.102. The Morgan fingerprint density at radius 2 is 2.17 bits per heavy atom. The van der Waals surface area contributed by atoms with E-state index in [9.17, 15) is 9.90 Å². The molecule has 1 rings (SSSR count). The van der Waals surface area contributed by atoms with Crippen molar-refractivity contribution in [3.05, 3.63) is 0 Å². The Hall–Kier alpha value is -0.650. The van der Waals surface area contributed by atoms with E-state index in [0.717, 1.165) is 13.0 Å². The monoisotopic (exact) mass is 257 g/mol. The first-order valence-corrected chi connectivity index (χ1v) is 6.63. The van der Waals surface area contributed by atoms with Gasteiger partial charge in [0.2, 0.25) is 5.91 Å². The van der Waals surface area contributed by atoms with Crippen molar-refractivity contribution in [3.8, 4) is 0 Å². The lowest BCUT2D eigenvalue weighted by atomic mass is 10.1. The summed E-state index contributed by atoms with van der Waals surface area (Å²) < 4.78 is 0. The standard InChI is InChI=1S/C13H27N3O2/c1-10(2)14-11-6-7-16(12(11)17)9-13(3,18)8-15(4)5/h10-11,14,18H,6-9H2,1-5H3. The van der Waals surface area contributed by atoms with E-state index in [-0.39, 0.29) is 11.9 Å². The Morgan fingerprint density at radius 3 is 2.67 bits per heavy atom. The molecule has 1 aliphatic rings. The van der Waals surface area contributed by atoms with Gasteiger partial charge in [-0.2, -0.15) is 0 Å². The maximum absolute atomic E-state index is 12.1. The van der Waals surface area contributed by atoms with Gasteiger partial charge in [-0.05, 0) is 27.4 Å². The second-order valence-electron chi connectivity index (χ2n) is 6.16. The van der Waals surface area contributed by atoms with Gasteiger partial charge in [0.1, 0.15) is 0 Å². The van der Waals surface area contributed by atoms with Gasteiger partial charge >= 0.3 is 0 Å². The molecular formula is C13H27N3O2. The van der Waals surface area contributed by atoms with Crippen LogP contribution in [0.3, 0.4) is 0 Å². The molecule has 1 saturated heterocycles. The summed E-state index contributed by atoms with van der Waals surface area (Å²) in [6.45, 7) is 7.55. The molecule has 0 saturated carbocycles. The minimum Gasteiger partial charge on any atom is -0.387 e. The average Bonchev–Trinajstić information content (AvgIpc) is 2.46. The van der Waals surface area contributed by atoms with Gasteiger partial charge < -0.3 is 20.2 Å². The average molecular weight is 257 g/mol. The van der Waals surface area contributed by atoms with Crippen LogP contribution in [0.15, 0.2) is 0 Å². The van der Waals surface area contributed by atoms with E-state index in [2.05, 4.69) is 5.32 Å². The summed E-state index contributed by atoms with van der Waals surface area (Å²) >= 11 is 0. The molecule has 2 N–H and O–H groups in total. The highest BCUT2D eigenvalue weighted by Gasteiger charge is 2.35. The van der Waals surface area contributed by atoms with Gasteiger partial charge in [-0.25, -0.2) is 0 Å². The van der Waals surface area contributed by atoms with Crippen molar-refractivity contribution in [2.24, 2.45) is 0 Å². The number of likely N-dealkylation sites (N-methyl/N-ethyl adjacent to an activating group) is 1. The van der Waals surface area contributed by atoms with Crippen molar-refractivity contribution in [2.45, 2.75) is 44.9 Å². The highest BCUT2D eigenvalue weighted by Crippen LogP contribution is 2.16. The van der Waals surface area contributed by atoms with Crippen LogP contribution < -0.4 is 5.32 Å².